The van der Waals surface area contributed by atoms with Crippen LogP contribution >= 0.6 is 34.8 Å². The van der Waals surface area contributed by atoms with Gasteiger partial charge in [-0.05, 0) is 31.4 Å². The maximum absolute atomic E-state index is 11.9. The average molecular weight is 363 g/mol. The van der Waals surface area contributed by atoms with Crippen molar-refractivity contribution in [3.8, 4) is 0 Å². The van der Waals surface area contributed by atoms with Crippen molar-refractivity contribution < 1.29 is 4.79 Å². The van der Waals surface area contributed by atoms with E-state index in [4.69, 9.17) is 34.8 Å². The third-order valence-corrected chi connectivity index (χ3v) is 4.15. The molecule has 0 aliphatic rings. The third kappa shape index (κ3) is 7.53. The fourth-order valence-electron chi connectivity index (χ4n) is 2.14. The van der Waals surface area contributed by atoms with Gasteiger partial charge in [0.1, 0.15) is 0 Å². The minimum Gasteiger partial charge on any atom is -0.324 e. The number of carbonyl (C=O) groups is 1. The standard InChI is InChI=1S/C17H22Cl3NO/c1-2-3-4-5-6-7-8-9-10-16(22)21-17-14(19)11-13(18)12-15(17)20/h2,11-12H,1,3-10H2,(H,21,22). The summed E-state index contributed by atoms with van der Waals surface area (Å²) in [6.07, 6.45) is 10.3. The first-order valence-corrected chi connectivity index (χ1v) is 8.73. The predicted octanol–water partition coefficient (Wildman–Crippen LogP) is 6.89. The van der Waals surface area contributed by atoms with Crippen molar-refractivity contribution in [2.45, 2.75) is 51.4 Å². The zero-order valence-electron chi connectivity index (χ0n) is 12.6. The van der Waals surface area contributed by atoms with E-state index in [1.165, 1.54) is 19.3 Å². The largest absolute Gasteiger partial charge is 0.324 e. The molecule has 0 saturated heterocycles. The average Bonchev–Trinajstić information content (AvgIpc) is 2.45. The highest BCUT2D eigenvalue weighted by Gasteiger charge is 2.11. The van der Waals surface area contributed by atoms with Crippen LogP contribution in [0.25, 0.3) is 0 Å². The summed E-state index contributed by atoms with van der Waals surface area (Å²) in [4.78, 5) is 11.9. The van der Waals surface area contributed by atoms with Crippen LogP contribution in [0.2, 0.25) is 15.1 Å². The highest BCUT2D eigenvalue weighted by atomic mass is 35.5. The number of hydrogen-bond acceptors (Lipinski definition) is 1. The molecule has 1 aromatic rings. The number of rotatable bonds is 10. The van der Waals surface area contributed by atoms with Crippen molar-refractivity contribution in [3.05, 3.63) is 39.9 Å². The van der Waals surface area contributed by atoms with Crippen LogP contribution in [0.1, 0.15) is 51.4 Å². The fourth-order valence-corrected chi connectivity index (χ4v) is 3.06. The molecular formula is C17H22Cl3NO. The number of unbranched alkanes of at least 4 members (excludes halogenated alkanes) is 6. The fraction of sp³-hybridized carbons (Fsp3) is 0.471. The molecule has 0 fully saturated rings. The molecule has 0 heterocycles. The summed E-state index contributed by atoms with van der Waals surface area (Å²) in [7, 11) is 0. The lowest BCUT2D eigenvalue weighted by molar-refractivity contribution is -0.116. The second-order valence-corrected chi connectivity index (χ2v) is 6.49. The third-order valence-electron chi connectivity index (χ3n) is 3.33. The predicted molar refractivity (Wildman–Crippen MR) is 97.2 cm³/mol. The molecule has 122 valence electrons. The van der Waals surface area contributed by atoms with Gasteiger partial charge in [0.2, 0.25) is 5.91 Å². The van der Waals surface area contributed by atoms with Crippen LogP contribution in [-0.4, -0.2) is 5.91 Å². The van der Waals surface area contributed by atoms with E-state index in [1.54, 1.807) is 12.1 Å². The van der Waals surface area contributed by atoms with Crippen LogP contribution < -0.4 is 5.32 Å². The quantitative estimate of drug-likeness (QED) is 0.356. The molecule has 0 bridgehead atoms. The van der Waals surface area contributed by atoms with Crippen LogP contribution in [0.3, 0.4) is 0 Å². The molecule has 0 aromatic heterocycles. The van der Waals surface area contributed by atoms with Gasteiger partial charge in [-0.2, -0.15) is 0 Å². The van der Waals surface area contributed by atoms with Gasteiger partial charge in [-0.25, -0.2) is 0 Å². The van der Waals surface area contributed by atoms with Gasteiger partial charge in [0.05, 0.1) is 15.7 Å². The Balaban J connectivity index is 2.23. The maximum Gasteiger partial charge on any atom is 0.224 e. The molecule has 1 N–H and O–H groups in total. The molecule has 0 atom stereocenters. The number of benzene rings is 1. The Morgan fingerprint density at radius 1 is 1.00 bits per heavy atom. The van der Waals surface area contributed by atoms with Gasteiger partial charge in [0, 0.05) is 11.4 Å². The molecule has 0 unspecified atom stereocenters. The van der Waals surface area contributed by atoms with E-state index in [0.29, 0.717) is 27.2 Å². The Morgan fingerprint density at radius 3 is 2.14 bits per heavy atom. The normalized spacial score (nSPS) is 10.5. The van der Waals surface area contributed by atoms with Crippen molar-refractivity contribution in [1.82, 2.24) is 0 Å². The monoisotopic (exact) mass is 361 g/mol. The molecule has 1 amide bonds. The zero-order valence-corrected chi connectivity index (χ0v) is 14.9. The topological polar surface area (TPSA) is 29.1 Å². The molecule has 0 aliphatic carbocycles. The Hall–Kier alpha value is -0.700. The van der Waals surface area contributed by atoms with Crippen LogP contribution in [-0.2, 0) is 4.79 Å². The maximum atomic E-state index is 11.9. The van der Waals surface area contributed by atoms with Crippen molar-refractivity contribution in [2.24, 2.45) is 0 Å². The Bertz CT molecular complexity index is 480. The summed E-state index contributed by atoms with van der Waals surface area (Å²) in [6, 6.07) is 3.13. The molecule has 0 spiro atoms. The van der Waals surface area contributed by atoms with Crippen molar-refractivity contribution >= 4 is 46.4 Å². The Kier molecular flexibility index (Phi) is 9.61. The summed E-state index contributed by atoms with van der Waals surface area (Å²) in [5.74, 6) is -0.0715. The van der Waals surface area contributed by atoms with E-state index in [2.05, 4.69) is 11.9 Å². The second kappa shape index (κ2) is 10.9. The smallest absolute Gasteiger partial charge is 0.224 e. The number of anilines is 1. The van der Waals surface area contributed by atoms with E-state index in [1.807, 2.05) is 6.08 Å². The number of hydrogen-bond donors (Lipinski definition) is 1. The molecule has 0 saturated carbocycles. The number of nitrogens with one attached hydrogen (secondary N) is 1. The Morgan fingerprint density at radius 2 is 1.55 bits per heavy atom. The summed E-state index contributed by atoms with van der Waals surface area (Å²) in [5.41, 5.74) is 0.433. The minimum absolute atomic E-state index is 0.0715. The van der Waals surface area contributed by atoms with Gasteiger partial charge in [0.15, 0.2) is 0 Å². The summed E-state index contributed by atoms with van der Waals surface area (Å²) in [5, 5.41) is 3.91. The Labute approximate surface area is 147 Å². The van der Waals surface area contributed by atoms with E-state index in [-0.39, 0.29) is 5.91 Å². The zero-order chi connectivity index (χ0) is 16.4. The number of halogens is 3. The molecule has 0 aliphatic heterocycles. The molecule has 5 heteroatoms. The van der Waals surface area contributed by atoms with Gasteiger partial charge in [-0.15, -0.1) is 6.58 Å². The lowest BCUT2D eigenvalue weighted by Crippen LogP contribution is -2.11. The van der Waals surface area contributed by atoms with E-state index < -0.39 is 0 Å². The van der Waals surface area contributed by atoms with Crippen LogP contribution in [0.4, 0.5) is 5.69 Å². The molecular weight excluding hydrogens is 341 g/mol. The first-order valence-electron chi connectivity index (χ1n) is 7.60. The van der Waals surface area contributed by atoms with Gasteiger partial charge >= 0.3 is 0 Å². The van der Waals surface area contributed by atoms with E-state index >= 15 is 0 Å². The van der Waals surface area contributed by atoms with Crippen molar-refractivity contribution in [2.75, 3.05) is 5.32 Å². The lowest BCUT2D eigenvalue weighted by Gasteiger charge is -2.09. The molecule has 2 nitrogen and oxygen atoms in total. The highest BCUT2D eigenvalue weighted by Crippen LogP contribution is 2.33. The molecule has 1 aromatic carbocycles. The van der Waals surface area contributed by atoms with Gasteiger partial charge in [-0.3, -0.25) is 4.79 Å². The van der Waals surface area contributed by atoms with Gasteiger partial charge in [-0.1, -0.05) is 66.6 Å². The molecule has 1 rings (SSSR count). The summed E-state index contributed by atoms with van der Waals surface area (Å²) in [6.45, 7) is 3.71. The first-order chi connectivity index (χ1) is 10.5. The highest BCUT2D eigenvalue weighted by molar-refractivity contribution is 6.42. The SMILES string of the molecule is C=CCCCCCCCCC(=O)Nc1c(Cl)cc(Cl)cc1Cl. The number of amides is 1. The lowest BCUT2D eigenvalue weighted by atomic mass is 10.1. The van der Waals surface area contributed by atoms with Crippen LogP contribution in [0.5, 0.6) is 0 Å². The number of allylic oxidation sites excluding steroid dienone is 1. The van der Waals surface area contributed by atoms with Crippen molar-refractivity contribution in [3.63, 3.8) is 0 Å². The summed E-state index contributed by atoms with van der Waals surface area (Å²) >= 11 is 17.9. The van der Waals surface area contributed by atoms with Gasteiger partial charge in [0.25, 0.3) is 0 Å². The first kappa shape index (κ1) is 19.3. The van der Waals surface area contributed by atoms with Crippen molar-refractivity contribution in [1.29, 1.82) is 0 Å². The van der Waals surface area contributed by atoms with Gasteiger partial charge < -0.3 is 5.32 Å². The molecule has 0 radical (unpaired) electrons. The number of carbonyl (C=O) groups excluding carboxylic acids is 1. The van der Waals surface area contributed by atoms with E-state index in [0.717, 1.165) is 25.7 Å². The van der Waals surface area contributed by atoms with Crippen LogP contribution in [0, 0.1) is 0 Å². The minimum atomic E-state index is -0.0715. The van der Waals surface area contributed by atoms with Crippen LogP contribution in [0.15, 0.2) is 24.8 Å². The summed E-state index contributed by atoms with van der Waals surface area (Å²) < 4.78 is 0. The second-order valence-electron chi connectivity index (χ2n) is 5.24. The molecule has 22 heavy (non-hydrogen) atoms. The van der Waals surface area contributed by atoms with E-state index in [9.17, 15) is 4.79 Å².